The standard InChI is InChI=1S/C12H13BrClNO4S/c13-9-7-8(3-4-10(9)14)20(18,19)15-12(11(16)17)5-1-2-6-12/h3-4,7,15H,1-2,5-6H2,(H,16,17). The van der Waals surface area contributed by atoms with Gasteiger partial charge in [0.25, 0.3) is 0 Å². The van der Waals surface area contributed by atoms with Gasteiger partial charge in [-0.3, -0.25) is 4.79 Å². The van der Waals surface area contributed by atoms with E-state index in [2.05, 4.69) is 20.7 Å². The maximum atomic E-state index is 12.3. The highest BCUT2D eigenvalue weighted by atomic mass is 79.9. The van der Waals surface area contributed by atoms with Gasteiger partial charge in [0.15, 0.2) is 0 Å². The van der Waals surface area contributed by atoms with Crippen LogP contribution >= 0.6 is 27.5 Å². The fraction of sp³-hybridized carbons (Fsp3) is 0.417. The second kappa shape index (κ2) is 5.63. The number of halogens is 2. The summed E-state index contributed by atoms with van der Waals surface area (Å²) in [6.45, 7) is 0. The van der Waals surface area contributed by atoms with Gasteiger partial charge >= 0.3 is 5.97 Å². The summed E-state index contributed by atoms with van der Waals surface area (Å²) in [5.41, 5.74) is -1.40. The van der Waals surface area contributed by atoms with Gasteiger partial charge in [0, 0.05) is 4.47 Å². The Morgan fingerprint density at radius 3 is 2.45 bits per heavy atom. The van der Waals surface area contributed by atoms with Crippen molar-refractivity contribution in [2.24, 2.45) is 0 Å². The molecule has 0 spiro atoms. The van der Waals surface area contributed by atoms with E-state index in [0.717, 1.165) is 0 Å². The Balaban J connectivity index is 2.35. The van der Waals surface area contributed by atoms with E-state index in [-0.39, 0.29) is 4.90 Å². The van der Waals surface area contributed by atoms with Crippen LogP contribution in [-0.2, 0) is 14.8 Å². The van der Waals surface area contributed by atoms with E-state index in [4.69, 9.17) is 11.6 Å². The Labute approximate surface area is 130 Å². The van der Waals surface area contributed by atoms with Gasteiger partial charge in [0.1, 0.15) is 5.54 Å². The van der Waals surface area contributed by atoms with Gasteiger partial charge in [-0.1, -0.05) is 24.4 Å². The van der Waals surface area contributed by atoms with Crippen LogP contribution in [0.4, 0.5) is 0 Å². The highest BCUT2D eigenvalue weighted by Gasteiger charge is 2.44. The maximum Gasteiger partial charge on any atom is 0.324 e. The maximum absolute atomic E-state index is 12.3. The summed E-state index contributed by atoms with van der Waals surface area (Å²) in [7, 11) is -3.91. The smallest absolute Gasteiger partial charge is 0.324 e. The third-order valence-corrected chi connectivity index (χ3v) is 6.15. The molecule has 20 heavy (non-hydrogen) atoms. The van der Waals surface area contributed by atoms with Crippen LogP contribution in [0.2, 0.25) is 5.02 Å². The summed E-state index contributed by atoms with van der Waals surface area (Å²) in [6.07, 6.45) is 1.99. The van der Waals surface area contributed by atoms with Gasteiger partial charge in [0.05, 0.1) is 9.92 Å². The number of benzene rings is 1. The van der Waals surface area contributed by atoms with Crippen molar-refractivity contribution in [1.82, 2.24) is 4.72 Å². The topological polar surface area (TPSA) is 83.5 Å². The van der Waals surface area contributed by atoms with E-state index in [1.165, 1.54) is 18.2 Å². The molecule has 110 valence electrons. The predicted molar refractivity (Wildman–Crippen MR) is 78.3 cm³/mol. The first-order valence-corrected chi connectivity index (χ1v) is 8.65. The lowest BCUT2D eigenvalue weighted by molar-refractivity contribution is -0.143. The molecule has 1 aliphatic rings. The third-order valence-electron chi connectivity index (χ3n) is 3.40. The molecule has 1 fully saturated rings. The van der Waals surface area contributed by atoms with E-state index in [9.17, 15) is 18.3 Å². The molecule has 0 amide bonds. The Bertz CT molecular complexity index is 641. The van der Waals surface area contributed by atoms with Gasteiger partial charge in [-0.2, -0.15) is 4.72 Å². The van der Waals surface area contributed by atoms with Gasteiger partial charge in [-0.15, -0.1) is 0 Å². The lowest BCUT2D eigenvalue weighted by Crippen LogP contribution is -2.52. The number of hydrogen-bond acceptors (Lipinski definition) is 3. The molecule has 8 heteroatoms. The Morgan fingerprint density at radius 2 is 1.95 bits per heavy atom. The molecule has 2 N–H and O–H groups in total. The number of rotatable bonds is 4. The quantitative estimate of drug-likeness (QED) is 0.839. The van der Waals surface area contributed by atoms with E-state index < -0.39 is 21.5 Å². The monoisotopic (exact) mass is 381 g/mol. The van der Waals surface area contributed by atoms with Gasteiger partial charge in [-0.05, 0) is 47.0 Å². The Hall–Kier alpha value is -0.630. The van der Waals surface area contributed by atoms with Crippen molar-refractivity contribution in [2.45, 2.75) is 36.1 Å². The van der Waals surface area contributed by atoms with Crippen molar-refractivity contribution in [3.63, 3.8) is 0 Å². The zero-order valence-corrected chi connectivity index (χ0v) is 13.6. The fourth-order valence-electron chi connectivity index (χ4n) is 2.30. The molecule has 0 bridgehead atoms. The number of carboxylic acids is 1. The molecule has 0 heterocycles. The molecule has 0 radical (unpaired) electrons. The normalized spacial score (nSPS) is 18.1. The molecule has 2 rings (SSSR count). The summed E-state index contributed by atoms with van der Waals surface area (Å²) in [6, 6.07) is 4.15. The molecule has 5 nitrogen and oxygen atoms in total. The van der Waals surface area contributed by atoms with Crippen molar-refractivity contribution in [2.75, 3.05) is 0 Å². The number of nitrogens with one attached hydrogen (secondary N) is 1. The molecule has 1 aromatic rings. The summed E-state index contributed by atoms with van der Waals surface area (Å²) < 4.78 is 27.4. The average molecular weight is 383 g/mol. The third kappa shape index (κ3) is 3.00. The number of carbonyl (C=O) groups is 1. The molecule has 1 aromatic carbocycles. The van der Waals surface area contributed by atoms with Crippen LogP contribution in [0.15, 0.2) is 27.6 Å². The second-order valence-electron chi connectivity index (χ2n) is 4.78. The van der Waals surface area contributed by atoms with Crippen LogP contribution in [-0.4, -0.2) is 25.0 Å². The SMILES string of the molecule is O=C(O)C1(NS(=O)(=O)c2ccc(Cl)c(Br)c2)CCCC1. The molecular weight excluding hydrogens is 370 g/mol. The van der Waals surface area contributed by atoms with Crippen LogP contribution in [0.3, 0.4) is 0 Å². The van der Waals surface area contributed by atoms with Crippen molar-refractivity contribution < 1.29 is 18.3 Å². The lowest BCUT2D eigenvalue weighted by atomic mass is 10.0. The van der Waals surface area contributed by atoms with Crippen LogP contribution in [0.25, 0.3) is 0 Å². The molecule has 1 saturated carbocycles. The van der Waals surface area contributed by atoms with E-state index in [1.54, 1.807) is 0 Å². The fourth-order valence-corrected chi connectivity index (χ4v) is 4.39. The molecule has 0 aliphatic heterocycles. The van der Waals surface area contributed by atoms with E-state index in [0.29, 0.717) is 35.2 Å². The predicted octanol–water partition coefficient (Wildman–Crippen LogP) is 2.78. The van der Waals surface area contributed by atoms with Crippen molar-refractivity contribution >= 4 is 43.5 Å². The summed E-state index contributed by atoms with van der Waals surface area (Å²) in [5.74, 6) is -1.13. The zero-order valence-electron chi connectivity index (χ0n) is 10.4. The molecule has 1 aliphatic carbocycles. The van der Waals surface area contributed by atoms with Crippen molar-refractivity contribution in [3.8, 4) is 0 Å². The Kier molecular flexibility index (Phi) is 4.44. The average Bonchev–Trinajstić information content (AvgIpc) is 2.81. The van der Waals surface area contributed by atoms with Gasteiger partial charge < -0.3 is 5.11 Å². The van der Waals surface area contributed by atoms with E-state index >= 15 is 0 Å². The zero-order chi connectivity index (χ0) is 15.0. The van der Waals surface area contributed by atoms with Crippen LogP contribution in [0.5, 0.6) is 0 Å². The number of aliphatic carboxylic acids is 1. The molecular formula is C12H13BrClNO4S. The molecule has 0 aromatic heterocycles. The lowest BCUT2D eigenvalue weighted by Gasteiger charge is -2.25. The van der Waals surface area contributed by atoms with Crippen LogP contribution in [0, 0.1) is 0 Å². The van der Waals surface area contributed by atoms with Gasteiger partial charge in [-0.25, -0.2) is 8.42 Å². The van der Waals surface area contributed by atoms with E-state index in [1.807, 2.05) is 0 Å². The van der Waals surface area contributed by atoms with Crippen LogP contribution < -0.4 is 4.72 Å². The highest BCUT2D eigenvalue weighted by Crippen LogP contribution is 2.32. The van der Waals surface area contributed by atoms with Crippen molar-refractivity contribution in [3.05, 3.63) is 27.7 Å². The first kappa shape index (κ1) is 15.8. The molecule has 0 unspecified atom stereocenters. The minimum atomic E-state index is -3.91. The largest absolute Gasteiger partial charge is 0.480 e. The summed E-state index contributed by atoms with van der Waals surface area (Å²) >= 11 is 8.98. The van der Waals surface area contributed by atoms with Crippen molar-refractivity contribution in [1.29, 1.82) is 0 Å². The second-order valence-corrected chi connectivity index (χ2v) is 7.72. The highest BCUT2D eigenvalue weighted by molar-refractivity contribution is 9.10. The number of carboxylic acid groups (broad SMARTS) is 1. The molecule has 0 atom stereocenters. The number of hydrogen-bond donors (Lipinski definition) is 2. The summed E-state index contributed by atoms with van der Waals surface area (Å²) in [5, 5.41) is 9.70. The Morgan fingerprint density at radius 1 is 1.35 bits per heavy atom. The first-order valence-electron chi connectivity index (χ1n) is 5.99. The van der Waals surface area contributed by atoms with Crippen LogP contribution in [0.1, 0.15) is 25.7 Å². The first-order chi connectivity index (χ1) is 9.27. The molecule has 0 saturated heterocycles. The minimum absolute atomic E-state index is 0.0127. The minimum Gasteiger partial charge on any atom is -0.480 e. The number of sulfonamides is 1. The van der Waals surface area contributed by atoms with Gasteiger partial charge in [0.2, 0.25) is 10.0 Å². The summed E-state index contributed by atoms with van der Waals surface area (Å²) in [4.78, 5) is 11.4.